The minimum Gasteiger partial charge on any atom is -0.759 e. The summed E-state index contributed by atoms with van der Waals surface area (Å²) >= 11 is 0. The minimum absolute atomic E-state index is 0. The molecule has 0 aromatic carbocycles. The van der Waals surface area contributed by atoms with Gasteiger partial charge in [0.05, 0.1) is 0 Å². The Balaban J connectivity index is 0.000000526. The molecule has 0 fully saturated rings. The van der Waals surface area contributed by atoms with Crippen LogP contribution >= 0.6 is 0 Å². The molecule has 0 saturated carbocycles. The van der Waals surface area contributed by atoms with E-state index in [1.54, 1.807) is 24.8 Å². The van der Waals surface area contributed by atoms with Crippen molar-refractivity contribution < 1.29 is 34.6 Å². The van der Waals surface area contributed by atoms with Crippen LogP contribution < -0.4 is 0 Å². The third-order valence-electron chi connectivity index (χ3n) is 1.88. The zero-order chi connectivity index (χ0) is 14.1. The van der Waals surface area contributed by atoms with E-state index in [4.69, 9.17) is 17.5 Å². The summed E-state index contributed by atoms with van der Waals surface area (Å²) in [5.74, 6) is 0. The van der Waals surface area contributed by atoms with E-state index in [1.165, 1.54) is 0 Å². The molecule has 0 aliphatic carbocycles. The minimum atomic E-state index is -5.17. The second-order valence-corrected chi connectivity index (χ2v) is 4.12. The summed E-state index contributed by atoms with van der Waals surface area (Å²) in [5.41, 5.74) is 2.30. The normalized spacial score (nSPS) is 10.3. The summed E-state index contributed by atoms with van der Waals surface area (Å²) in [6.07, 6.45) is 11.2. The van der Waals surface area contributed by atoms with Crippen LogP contribution in [0.15, 0.2) is 49.1 Å². The van der Waals surface area contributed by atoms with Crippen LogP contribution in [0, 0.1) is 0 Å². The monoisotopic (exact) mass is 333 g/mol. The van der Waals surface area contributed by atoms with Crippen molar-refractivity contribution in [3.63, 3.8) is 0 Å². The Morgan fingerprint density at radius 1 is 0.800 bits per heavy atom. The smallest absolute Gasteiger partial charge is 0.759 e. The van der Waals surface area contributed by atoms with Gasteiger partial charge in [0.15, 0.2) is 0 Å². The quantitative estimate of drug-likeness (QED) is 0.466. The first-order chi connectivity index (χ1) is 8.95. The molecule has 2 rings (SSSR count). The van der Waals surface area contributed by atoms with Crippen molar-refractivity contribution in [2.75, 3.05) is 0 Å². The Hall–Kier alpha value is -1.57. The van der Waals surface area contributed by atoms with Gasteiger partial charge in [0, 0.05) is 35.2 Å². The second-order valence-electron chi connectivity index (χ2n) is 3.30. The first kappa shape index (κ1) is 18.4. The number of pyridine rings is 2. The largest absolute Gasteiger partial charge is 2.00 e. The molecule has 2 aromatic heterocycles. The zero-order valence-electron chi connectivity index (χ0n) is 10.1. The maximum atomic E-state index is 8.52. The van der Waals surface area contributed by atoms with Crippen LogP contribution in [0.1, 0.15) is 11.1 Å². The molecule has 6 nitrogen and oxygen atoms in total. The Morgan fingerprint density at radius 3 is 1.30 bits per heavy atom. The molecule has 1 radical (unpaired) electrons. The van der Waals surface area contributed by atoms with E-state index in [1.807, 2.05) is 24.3 Å². The summed E-state index contributed by atoms with van der Waals surface area (Å²) in [6, 6.07) is 7.88. The molecular weight excluding hydrogens is 323 g/mol. The van der Waals surface area contributed by atoms with Crippen LogP contribution in [-0.2, 0) is 27.5 Å². The molecule has 2 aromatic rings. The van der Waals surface area contributed by atoms with Crippen LogP contribution in [0.5, 0.6) is 0 Å². The molecule has 105 valence electrons. The van der Waals surface area contributed by atoms with Crippen molar-refractivity contribution >= 4 is 22.6 Å². The van der Waals surface area contributed by atoms with Gasteiger partial charge in [-0.1, -0.05) is 12.2 Å². The fraction of sp³-hybridized carbons (Fsp3) is 0. The predicted molar refractivity (Wildman–Crippen MR) is 67.9 cm³/mol. The van der Waals surface area contributed by atoms with Crippen molar-refractivity contribution in [1.29, 1.82) is 0 Å². The molecule has 0 N–H and O–H groups in total. The van der Waals surface area contributed by atoms with Gasteiger partial charge in [-0.3, -0.25) is 18.4 Å². The molecule has 0 amide bonds. The van der Waals surface area contributed by atoms with E-state index in [0.29, 0.717) is 0 Å². The first-order valence-corrected chi connectivity index (χ1v) is 6.43. The Morgan fingerprint density at radius 2 is 1.05 bits per heavy atom. The fourth-order valence-electron chi connectivity index (χ4n) is 1.14. The molecule has 0 atom stereocenters. The first-order valence-electron chi connectivity index (χ1n) is 5.10. The number of nitrogens with zero attached hydrogens (tertiary/aromatic N) is 2. The number of rotatable bonds is 2. The van der Waals surface area contributed by atoms with Crippen molar-refractivity contribution in [3.8, 4) is 0 Å². The summed E-state index contributed by atoms with van der Waals surface area (Å²) < 4.78 is 34.1. The van der Waals surface area contributed by atoms with E-state index >= 15 is 0 Å². The van der Waals surface area contributed by atoms with Crippen molar-refractivity contribution in [2.24, 2.45) is 0 Å². The molecule has 0 spiro atoms. The molecular formula is C12H10MnN2O4S. The van der Waals surface area contributed by atoms with Crippen LogP contribution in [0.4, 0.5) is 0 Å². The van der Waals surface area contributed by atoms with E-state index < -0.39 is 10.4 Å². The summed E-state index contributed by atoms with van der Waals surface area (Å²) in [4.78, 5) is 7.91. The van der Waals surface area contributed by atoms with Gasteiger partial charge in [0.1, 0.15) is 0 Å². The molecule has 0 saturated heterocycles. The molecule has 0 aliphatic heterocycles. The number of aromatic nitrogens is 2. The molecule has 0 bridgehead atoms. The average Bonchev–Trinajstić information content (AvgIpc) is 2.37. The van der Waals surface area contributed by atoms with Crippen LogP contribution in [0.3, 0.4) is 0 Å². The molecule has 2 heterocycles. The topological polar surface area (TPSA) is 106 Å². The van der Waals surface area contributed by atoms with E-state index in [9.17, 15) is 0 Å². The molecule has 20 heavy (non-hydrogen) atoms. The van der Waals surface area contributed by atoms with Crippen LogP contribution in [0.25, 0.3) is 12.2 Å². The van der Waals surface area contributed by atoms with Gasteiger partial charge in [-0.15, -0.1) is 0 Å². The zero-order valence-corrected chi connectivity index (χ0v) is 12.1. The summed E-state index contributed by atoms with van der Waals surface area (Å²) in [6.45, 7) is 0. The second kappa shape index (κ2) is 9.35. The molecule has 0 unspecified atom stereocenters. The average molecular weight is 333 g/mol. The van der Waals surface area contributed by atoms with Crippen molar-refractivity contribution in [2.45, 2.75) is 0 Å². The maximum Gasteiger partial charge on any atom is 2.00 e. The SMILES string of the molecule is C(=Cc1ccncc1)c1ccncc1.O=S(=O)([O-])[O-].[Mn+2]. The van der Waals surface area contributed by atoms with Gasteiger partial charge >= 0.3 is 17.1 Å². The van der Waals surface area contributed by atoms with Crippen LogP contribution in [0.2, 0.25) is 0 Å². The maximum absolute atomic E-state index is 8.52. The van der Waals surface area contributed by atoms with Gasteiger partial charge in [-0.25, -0.2) is 0 Å². The van der Waals surface area contributed by atoms with Gasteiger partial charge in [-0.05, 0) is 35.4 Å². The van der Waals surface area contributed by atoms with Crippen LogP contribution in [-0.4, -0.2) is 27.5 Å². The third kappa shape index (κ3) is 10.4. The van der Waals surface area contributed by atoms with Gasteiger partial charge in [0.2, 0.25) is 0 Å². The predicted octanol–water partition coefficient (Wildman–Crippen LogP) is 1.31. The number of hydrogen-bond donors (Lipinski definition) is 0. The van der Waals surface area contributed by atoms with E-state index in [2.05, 4.69) is 22.1 Å². The molecule has 8 heteroatoms. The Labute approximate surface area is 127 Å². The van der Waals surface area contributed by atoms with Gasteiger partial charge in [0.25, 0.3) is 0 Å². The summed E-state index contributed by atoms with van der Waals surface area (Å²) in [7, 11) is -5.17. The Kier molecular flexibility index (Phi) is 8.62. The van der Waals surface area contributed by atoms with Gasteiger partial charge in [-0.2, -0.15) is 0 Å². The fourth-order valence-corrected chi connectivity index (χ4v) is 1.14. The van der Waals surface area contributed by atoms with E-state index in [0.717, 1.165) is 11.1 Å². The Bertz CT molecular complexity index is 569. The van der Waals surface area contributed by atoms with Gasteiger partial charge < -0.3 is 9.11 Å². The standard InChI is InChI=1S/C12H10N2.Mn.H2O4S/c1(11-3-7-13-8-4-11)2-12-5-9-14-10-6-12;;1-5(2,3)4/h1-10H;;(H2,1,2,3,4)/q;+2;/p-2. The van der Waals surface area contributed by atoms with E-state index in [-0.39, 0.29) is 17.1 Å². The number of hydrogen-bond acceptors (Lipinski definition) is 6. The van der Waals surface area contributed by atoms with Crippen molar-refractivity contribution in [3.05, 3.63) is 60.2 Å². The third-order valence-corrected chi connectivity index (χ3v) is 1.88. The molecule has 0 aliphatic rings. The van der Waals surface area contributed by atoms with Crippen molar-refractivity contribution in [1.82, 2.24) is 9.97 Å². The summed E-state index contributed by atoms with van der Waals surface area (Å²) in [5, 5.41) is 0.